The van der Waals surface area contributed by atoms with E-state index in [1.165, 1.54) is 32.1 Å². The van der Waals surface area contributed by atoms with E-state index in [1.807, 2.05) is 0 Å². The number of unbranched alkanes of at least 4 members (excludes halogenated alkanes) is 1. The molecule has 0 heterocycles. The van der Waals surface area contributed by atoms with Gasteiger partial charge in [0, 0.05) is 12.1 Å². The molecular formula is C14H32N2. The second-order valence-corrected chi connectivity index (χ2v) is 5.46. The van der Waals surface area contributed by atoms with E-state index in [-0.39, 0.29) is 0 Å². The minimum atomic E-state index is 0.364. The Balaban J connectivity index is 3.38. The van der Waals surface area contributed by atoms with Crippen LogP contribution >= 0.6 is 0 Å². The molecule has 0 fully saturated rings. The molecule has 0 rings (SSSR count). The standard InChI is InChI=1S/C14H32N2/c1-5-6-10-14(4)16-11-12(2)8-7-9-13(3)15/h12-14,16H,5-11,15H2,1-4H3. The van der Waals surface area contributed by atoms with Gasteiger partial charge in [-0.05, 0) is 45.6 Å². The van der Waals surface area contributed by atoms with E-state index in [9.17, 15) is 0 Å². The first-order valence-corrected chi connectivity index (χ1v) is 7.05. The van der Waals surface area contributed by atoms with Crippen molar-refractivity contribution in [2.24, 2.45) is 11.7 Å². The van der Waals surface area contributed by atoms with Crippen LogP contribution in [0.25, 0.3) is 0 Å². The maximum Gasteiger partial charge on any atom is 0.00388 e. The molecule has 0 saturated heterocycles. The molecule has 0 spiro atoms. The summed E-state index contributed by atoms with van der Waals surface area (Å²) < 4.78 is 0. The summed E-state index contributed by atoms with van der Waals surface area (Å²) in [5.74, 6) is 0.780. The van der Waals surface area contributed by atoms with Crippen LogP contribution in [0, 0.1) is 5.92 Å². The molecule has 98 valence electrons. The van der Waals surface area contributed by atoms with Crippen molar-refractivity contribution in [1.29, 1.82) is 0 Å². The van der Waals surface area contributed by atoms with Crippen molar-refractivity contribution in [3.05, 3.63) is 0 Å². The Hall–Kier alpha value is -0.0800. The normalized spacial score (nSPS) is 17.1. The zero-order chi connectivity index (χ0) is 12.4. The predicted octanol–water partition coefficient (Wildman–Crippen LogP) is 3.31. The number of rotatable bonds is 10. The first-order valence-electron chi connectivity index (χ1n) is 7.05. The van der Waals surface area contributed by atoms with Gasteiger partial charge in [0.25, 0.3) is 0 Å². The van der Waals surface area contributed by atoms with E-state index in [2.05, 4.69) is 33.0 Å². The van der Waals surface area contributed by atoms with Gasteiger partial charge in [-0.15, -0.1) is 0 Å². The van der Waals surface area contributed by atoms with Crippen LogP contribution in [0.3, 0.4) is 0 Å². The Morgan fingerprint density at radius 2 is 1.69 bits per heavy atom. The van der Waals surface area contributed by atoms with Gasteiger partial charge in [0.1, 0.15) is 0 Å². The summed E-state index contributed by atoms with van der Waals surface area (Å²) in [6.45, 7) is 10.1. The predicted molar refractivity (Wildman–Crippen MR) is 73.7 cm³/mol. The van der Waals surface area contributed by atoms with Crippen molar-refractivity contribution in [2.45, 2.75) is 78.3 Å². The van der Waals surface area contributed by atoms with Crippen molar-refractivity contribution in [3.63, 3.8) is 0 Å². The second-order valence-electron chi connectivity index (χ2n) is 5.46. The molecule has 0 aromatic rings. The minimum Gasteiger partial charge on any atom is -0.328 e. The third-order valence-electron chi connectivity index (χ3n) is 3.16. The lowest BCUT2D eigenvalue weighted by molar-refractivity contribution is 0.407. The lowest BCUT2D eigenvalue weighted by Crippen LogP contribution is -2.30. The van der Waals surface area contributed by atoms with Crippen molar-refractivity contribution in [2.75, 3.05) is 6.54 Å². The highest BCUT2D eigenvalue weighted by atomic mass is 14.9. The Labute approximate surface area is 102 Å². The first-order chi connectivity index (χ1) is 7.56. The molecule has 3 atom stereocenters. The molecule has 3 unspecified atom stereocenters. The lowest BCUT2D eigenvalue weighted by Gasteiger charge is -2.17. The van der Waals surface area contributed by atoms with Gasteiger partial charge in [-0.1, -0.05) is 33.1 Å². The van der Waals surface area contributed by atoms with Crippen LogP contribution in [-0.2, 0) is 0 Å². The van der Waals surface area contributed by atoms with Gasteiger partial charge < -0.3 is 11.1 Å². The maximum atomic E-state index is 5.74. The van der Waals surface area contributed by atoms with Crippen molar-refractivity contribution in [1.82, 2.24) is 5.32 Å². The van der Waals surface area contributed by atoms with E-state index < -0.39 is 0 Å². The lowest BCUT2D eigenvalue weighted by atomic mass is 10.0. The zero-order valence-electron chi connectivity index (χ0n) is 11.8. The van der Waals surface area contributed by atoms with Crippen LogP contribution < -0.4 is 11.1 Å². The van der Waals surface area contributed by atoms with Crippen molar-refractivity contribution >= 4 is 0 Å². The smallest absolute Gasteiger partial charge is 0.00388 e. The van der Waals surface area contributed by atoms with Crippen molar-refractivity contribution < 1.29 is 0 Å². The molecule has 0 aromatic heterocycles. The zero-order valence-corrected chi connectivity index (χ0v) is 11.8. The third-order valence-corrected chi connectivity index (χ3v) is 3.16. The topological polar surface area (TPSA) is 38.0 Å². The van der Waals surface area contributed by atoms with Gasteiger partial charge in [-0.3, -0.25) is 0 Å². The van der Waals surface area contributed by atoms with Crippen LogP contribution in [0.2, 0.25) is 0 Å². The largest absolute Gasteiger partial charge is 0.328 e. The highest BCUT2D eigenvalue weighted by Crippen LogP contribution is 2.09. The van der Waals surface area contributed by atoms with Gasteiger partial charge in [0.05, 0.1) is 0 Å². The molecular weight excluding hydrogens is 196 g/mol. The maximum absolute atomic E-state index is 5.74. The average Bonchev–Trinajstić information content (AvgIpc) is 2.23. The van der Waals surface area contributed by atoms with Crippen LogP contribution in [0.15, 0.2) is 0 Å². The Morgan fingerprint density at radius 3 is 2.25 bits per heavy atom. The van der Waals surface area contributed by atoms with Crippen LogP contribution in [0.1, 0.15) is 66.2 Å². The minimum absolute atomic E-state index is 0.364. The van der Waals surface area contributed by atoms with E-state index in [0.717, 1.165) is 18.9 Å². The summed E-state index contributed by atoms with van der Waals surface area (Å²) in [6, 6.07) is 1.04. The van der Waals surface area contributed by atoms with E-state index >= 15 is 0 Å². The fraction of sp³-hybridized carbons (Fsp3) is 1.00. The van der Waals surface area contributed by atoms with E-state index in [0.29, 0.717) is 12.1 Å². The van der Waals surface area contributed by atoms with Gasteiger partial charge in [-0.25, -0.2) is 0 Å². The number of hydrogen-bond acceptors (Lipinski definition) is 2. The number of nitrogens with one attached hydrogen (secondary N) is 1. The van der Waals surface area contributed by atoms with Crippen molar-refractivity contribution in [3.8, 4) is 0 Å². The summed E-state index contributed by atoms with van der Waals surface area (Å²) in [6.07, 6.45) is 7.68. The highest BCUT2D eigenvalue weighted by molar-refractivity contribution is 4.65. The van der Waals surface area contributed by atoms with Crippen LogP contribution in [0.4, 0.5) is 0 Å². The molecule has 0 aliphatic carbocycles. The Kier molecular flexibility index (Phi) is 10.0. The number of hydrogen-bond donors (Lipinski definition) is 2. The fourth-order valence-corrected chi connectivity index (χ4v) is 1.91. The molecule has 2 nitrogen and oxygen atoms in total. The first kappa shape index (κ1) is 15.9. The molecule has 0 aliphatic rings. The van der Waals surface area contributed by atoms with Gasteiger partial charge in [0.15, 0.2) is 0 Å². The monoisotopic (exact) mass is 228 g/mol. The Morgan fingerprint density at radius 1 is 1.00 bits per heavy atom. The van der Waals surface area contributed by atoms with Crippen LogP contribution in [-0.4, -0.2) is 18.6 Å². The molecule has 0 amide bonds. The number of nitrogens with two attached hydrogens (primary N) is 1. The summed E-state index contributed by atoms with van der Waals surface area (Å²) in [5.41, 5.74) is 5.74. The molecule has 3 N–H and O–H groups in total. The summed E-state index contributed by atoms with van der Waals surface area (Å²) in [5, 5.41) is 3.62. The quantitative estimate of drug-likeness (QED) is 0.602. The summed E-state index contributed by atoms with van der Waals surface area (Å²) in [7, 11) is 0. The molecule has 0 bridgehead atoms. The second kappa shape index (κ2) is 10.1. The van der Waals surface area contributed by atoms with E-state index in [4.69, 9.17) is 5.73 Å². The molecule has 0 aliphatic heterocycles. The molecule has 16 heavy (non-hydrogen) atoms. The molecule has 0 saturated carbocycles. The van der Waals surface area contributed by atoms with Gasteiger partial charge in [-0.2, -0.15) is 0 Å². The van der Waals surface area contributed by atoms with E-state index in [1.54, 1.807) is 0 Å². The Bertz CT molecular complexity index is 146. The molecule has 0 radical (unpaired) electrons. The van der Waals surface area contributed by atoms with Gasteiger partial charge in [0.2, 0.25) is 0 Å². The molecule has 2 heteroatoms. The van der Waals surface area contributed by atoms with Gasteiger partial charge >= 0.3 is 0 Å². The van der Waals surface area contributed by atoms with Crippen LogP contribution in [0.5, 0.6) is 0 Å². The average molecular weight is 228 g/mol. The summed E-state index contributed by atoms with van der Waals surface area (Å²) in [4.78, 5) is 0. The third kappa shape index (κ3) is 10.4. The fourth-order valence-electron chi connectivity index (χ4n) is 1.91. The summed E-state index contributed by atoms with van der Waals surface area (Å²) >= 11 is 0. The molecule has 0 aromatic carbocycles. The highest BCUT2D eigenvalue weighted by Gasteiger charge is 2.05. The SMILES string of the molecule is CCCCC(C)NCC(C)CCCC(C)N.